The molecule has 0 spiro atoms. The summed E-state index contributed by atoms with van der Waals surface area (Å²) in [4.78, 5) is 29.4. The van der Waals surface area contributed by atoms with Gasteiger partial charge >= 0.3 is 0 Å². The SMILES string of the molecule is CC#Cc1cccc(-c2csc(NC(=O)c3cnnn3-c3cncnc3)n2)n1. The Balaban J connectivity index is 1.55. The molecule has 4 aromatic rings. The summed E-state index contributed by atoms with van der Waals surface area (Å²) in [6.45, 7) is 1.76. The number of hydrogen-bond acceptors (Lipinski definition) is 8. The summed E-state index contributed by atoms with van der Waals surface area (Å²) in [5.41, 5.74) is 2.78. The van der Waals surface area contributed by atoms with Crippen molar-refractivity contribution in [3.8, 4) is 28.9 Å². The summed E-state index contributed by atoms with van der Waals surface area (Å²) in [6.07, 6.45) is 5.84. The fourth-order valence-electron chi connectivity index (χ4n) is 2.37. The Morgan fingerprint density at radius 3 is 2.82 bits per heavy atom. The van der Waals surface area contributed by atoms with Gasteiger partial charge in [-0.25, -0.2) is 24.6 Å². The van der Waals surface area contributed by atoms with Gasteiger partial charge in [0.15, 0.2) is 10.8 Å². The van der Waals surface area contributed by atoms with Gasteiger partial charge in [0, 0.05) is 5.38 Å². The predicted molar refractivity (Wildman–Crippen MR) is 103 cm³/mol. The first-order valence-electron chi connectivity index (χ1n) is 8.08. The Morgan fingerprint density at radius 2 is 2.00 bits per heavy atom. The van der Waals surface area contributed by atoms with Crippen LogP contribution in [0.3, 0.4) is 0 Å². The minimum Gasteiger partial charge on any atom is -0.296 e. The van der Waals surface area contributed by atoms with Crippen LogP contribution >= 0.6 is 11.3 Å². The number of thiazole rings is 1. The molecule has 0 saturated carbocycles. The molecule has 0 saturated heterocycles. The Morgan fingerprint density at radius 1 is 1.14 bits per heavy atom. The number of rotatable bonds is 4. The molecule has 0 unspecified atom stereocenters. The third-order valence-electron chi connectivity index (χ3n) is 3.56. The predicted octanol–water partition coefficient (Wildman–Crippen LogP) is 2.20. The van der Waals surface area contributed by atoms with E-state index >= 15 is 0 Å². The molecular weight excluding hydrogens is 376 g/mol. The van der Waals surface area contributed by atoms with Gasteiger partial charge in [0.2, 0.25) is 0 Å². The third-order valence-corrected chi connectivity index (χ3v) is 4.32. The molecule has 0 fully saturated rings. The van der Waals surface area contributed by atoms with Crippen molar-refractivity contribution in [2.24, 2.45) is 0 Å². The van der Waals surface area contributed by atoms with E-state index in [2.05, 4.69) is 47.4 Å². The van der Waals surface area contributed by atoms with E-state index in [4.69, 9.17) is 0 Å². The van der Waals surface area contributed by atoms with Crippen LogP contribution < -0.4 is 5.32 Å². The molecule has 0 aliphatic carbocycles. The third kappa shape index (κ3) is 3.60. The summed E-state index contributed by atoms with van der Waals surface area (Å²) in [7, 11) is 0. The van der Waals surface area contributed by atoms with Crippen LogP contribution in [0, 0.1) is 11.8 Å². The standard InChI is InChI=1S/C18H12N8OS/c1-2-4-12-5-3-6-14(22-12)15-10-28-18(23-15)24-17(27)16-9-21-25-26(16)13-7-19-11-20-8-13/h3,5-11H,1H3,(H,23,24,27). The van der Waals surface area contributed by atoms with Crippen molar-refractivity contribution >= 4 is 22.4 Å². The van der Waals surface area contributed by atoms with Gasteiger partial charge in [0.25, 0.3) is 5.91 Å². The fraction of sp³-hybridized carbons (Fsp3) is 0.0556. The fourth-order valence-corrected chi connectivity index (χ4v) is 3.07. The Hall–Kier alpha value is -3.97. The molecule has 1 N–H and O–H groups in total. The second-order valence-corrected chi connectivity index (χ2v) is 6.26. The van der Waals surface area contributed by atoms with Crippen molar-refractivity contribution in [2.45, 2.75) is 6.92 Å². The first-order valence-corrected chi connectivity index (χ1v) is 8.95. The monoisotopic (exact) mass is 388 g/mol. The molecule has 28 heavy (non-hydrogen) atoms. The van der Waals surface area contributed by atoms with E-state index in [1.807, 2.05) is 23.6 Å². The lowest BCUT2D eigenvalue weighted by atomic mass is 10.2. The van der Waals surface area contributed by atoms with Crippen molar-refractivity contribution < 1.29 is 4.79 Å². The summed E-state index contributed by atoms with van der Waals surface area (Å²) in [5.74, 6) is 5.34. The van der Waals surface area contributed by atoms with Gasteiger partial charge in [-0.15, -0.1) is 16.4 Å². The molecule has 10 heteroatoms. The average molecular weight is 388 g/mol. The number of carbonyl (C=O) groups excluding carboxylic acids is 1. The molecule has 4 aromatic heterocycles. The van der Waals surface area contributed by atoms with Crippen molar-refractivity contribution in [2.75, 3.05) is 5.32 Å². The number of amides is 1. The molecule has 0 aliphatic rings. The minimum absolute atomic E-state index is 0.241. The van der Waals surface area contributed by atoms with Crippen LogP contribution in [0.2, 0.25) is 0 Å². The molecule has 4 rings (SSSR count). The highest BCUT2D eigenvalue weighted by Crippen LogP contribution is 2.24. The maximum atomic E-state index is 12.6. The maximum Gasteiger partial charge on any atom is 0.277 e. The first kappa shape index (κ1) is 17.4. The average Bonchev–Trinajstić information content (AvgIpc) is 3.39. The van der Waals surface area contributed by atoms with Crippen molar-refractivity contribution in [1.82, 2.24) is 34.9 Å². The van der Waals surface area contributed by atoms with E-state index < -0.39 is 5.91 Å². The zero-order valence-electron chi connectivity index (χ0n) is 14.6. The number of nitrogens with one attached hydrogen (secondary N) is 1. The highest BCUT2D eigenvalue weighted by atomic mass is 32.1. The van der Waals surface area contributed by atoms with Gasteiger partial charge in [-0.2, -0.15) is 0 Å². The Labute approximate surface area is 163 Å². The van der Waals surface area contributed by atoms with Crippen LogP contribution in [-0.2, 0) is 0 Å². The smallest absolute Gasteiger partial charge is 0.277 e. The lowest BCUT2D eigenvalue weighted by Crippen LogP contribution is -2.17. The molecular formula is C18H12N8OS. The number of aromatic nitrogens is 7. The number of carbonyl (C=O) groups is 1. The van der Waals surface area contributed by atoms with Crippen LogP contribution in [0.5, 0.6) is 0 Å². The van der Waals surface area contributed by atoms with Crippen molar-refractivity contribution in [1.29, 1.82) is 0 Å². The maximum absolute atomic E-state index is 12.6. The zero-order chi connectivity index (χ0) is 19.3. The van der Waals surface area contributed by atoms with Gasteiger partial charge in [-0.05, 0) is 25.0 Å². The highest BCUT2D eigenvalue weighted by molar-refractivity contribution is 7.14. The molecule has 9 nitrogen and oxygen atoms in total. The lowest BCUT2D eigenvalue weighted by Gasteiger charge is -2.04. The molecule has 0 radical (unpaired) electrons. The van der Waals surface area contributed by atoms with Crippen molar-refractivity contribution in [3.05, 3.63) is 59.9 Å². The molecule has 1 amide bonds. The number of anilines is 1. The molecule has 0 aliphatic heterocycles. The molecule has 0 atom stereocenters. The van der Waals surface area contributed by atoms with E-state index in [1.54, 1.807) is 6.92 Å². The lowest BCUT2D eigenvalue weighted by molar-refractivity contribution is 0.101. The second-order valence-electron chi connectivity index (χ2n) is 5.40. The van der Waals surface area contributed by atoms with Gasteiger partial charge in [0.05, 0.1) is 24.3 Å². The summed E-state index contributed by atoms with van der Waals surface area (Å²) >= 11 is 1.30. The van der Waals surface area contributed by atoms with Crippen LogP contribution in [0.1, 0.15) is 23.1 Å². The van der Waals surface area contributed by atoms with Crippen LogP contribution in [0.4, 0.5) is 5.13 Å². The van der Waals surface area contributed by atoms with Crippen molar-refractivity contribution in [3.63, 3.8) is 0 Å². The van der Waals surface area contributed by atoms with E-state index in [9.17, 15) is 4.79 Å². The van der Waals surface area contributed by atoms with Crippen LogP contribution in [-0.4, -0.2) is 40.8 Å². The molecule has 4 heterocycles. The van der Waals surface area contributed by atoms with Gasteiger partial charge in [-0.3, -0.25) is 10.1 Å². The van der Waals surface area contributed by atoms with Gasteiger partial charge in [0.1, 0.15) is 23.4 Å². The second kappa shape index (κ2) is 7.73. The zero-order valence-corrected chi connectivity index (χ0v) is 15.4. The van der Waals surface area contributed by atoms with E-state index in [1.165, 1.54) is 40.9 Å². The quantitative estimate of drug-likeness (QED) is 0.533. The molecule has 0 bridgehead atoms. The van der Waals surface area contributed by atoms with E-state index in [0.717, 1.165) is 0 Å². The van der Waals surface area contributed by atoms with Crippen LogP contribution in [0.15, 0.2) is 48.5 Å². The molecule has 0 aromatic carbocycles. The number of pyridine rings is 1. The summed E-state index contributed by atoms with van der Waals surface area (Å²) < 4.78 is 1.36. The minimum atomic E-state index is -0.395. The topological polar surface area (TPSA) is 111 Å². The van der Waals surface area contributed by atoms with E-state index in [-0.39, 0.29) is 5.69 Å². The van der Waals surface area contributed by atoms with Crippen LogP contribution in [0.25, 0.3) is 17.1 Å². The highest BCUT2D eigenvalue weighted by Gasteiger charge is 2.17. The molecule has 136 valence electrons. The van der Waals surface area contributed by atoms with Gasteiger partial charge in [-0.1, -0.05) is 17.2 Å². The number of nitrogens with zero attached hydrogens (tertiary/aromatic N) is 7. The van der Waals surface area contributed by atoms with Gasteiger partial charge < -0.3 is 0 Å². The normalized spacial score (nSPS) is 10.2. The number of hydrogen-bond donors (Lipinski definition) is 1. The van der Waals surface area contributed by atoms with E-state index in [0.29, 0.717) is 27.9 Å². The Bertz CT molecular complexity index is 1190. The largest absolute Gasteiger partial charge is 0.296 e. The summed E-state index contributed by atoms with van der Waals surface area (Å²) in [6, 6.07) is 5.54. The Kier molecular flexibility index (Phi) is 4.81. The first-order chi connectivity index (χ1) is 13.7. The summed E-state index contributed by atoms with van der Waals surface area (Å²) in [5, 5.41) is 12.7.